The third kappa shape index (κ3) is 3.79. The quantitative estimate of drug-likeness (QED) is 0.837. The summed E-state index contributed by atoms with van der Waals surface area (Å²) in [4.78, 5) is 16.9. The number of likely N-dealkylation sites (tertiary alicyclic amines) is 1. The van der Waals surface area contributed by atoms with Crippen molar-refractivity contribution in [3.63, 3.8) is 0 Å². The van der Waals surface area contributed by atoms with Gasteiger partial charge in [-0.2, -0.15) is 5.10 Å². The van der Waals surface area contributed by atoms with E-state index in [9.17, 15) is 4.79 Å². The van der Waals surface area contributed by atoms with Gasteiger partial charge in [-0.1, -0.05) is 6.92 Å². The van der Waals surface area contributed by atoms with Crippen LogP contribution in [0.25, 0.3) is 0 Å². The van der Waals surface area contributed by atoms with Crippen LogP contribution in [0.3, 0.4) is 0 Å². The van der Waals surface area contributed by atoms with E-state index >= 15 is 0 Å². The summed E-state index contributed by atoms with van der Waals surface area (Å²) in [5.41, 5.74) is 1.24. The Morgan fingerprint density at radius 2 is 2.24 bits per heavy atom. The average Bonchev–Trinajstić information content (AvgIpc) is 3.22. The summed E-state index contributed by atoms with van der Waals surface area (Å²) in [6, 6.07) is 3.89. The van der Waals surface area contributed by atoms with Gasteiger partial charge in [0.05, 0.1) is 6.20 Å². The van der Waals surface area contributed by atoms with Crippen molar-refractivity contribution in [3.05, 3.63) is 41.6 Å². The first-order valence-corrected chi connectivity index (χ1v) is 9.04. The molecule has 0 unspecified atom stereocenters. The molecule has 2 atom stereocenters. The highest BCUT2D eigenvalue weighted by Crippen LogP contribution is 2.36. The lowest BCUT2D eigenvalue weighted by Gasteiger charge is -2.41. The molecule has 0 spiro atoms. The Kier molecular flexibility index (Phi) is 5.27. The number of furan rings is 1. The van der Waals surface area contributed by atoms with E-state index in [4.69, 9.17) is 4.42 Å². The van der Waals surface area contributed by atoms with Crippen LogP contribution >= 0.6 is 0 Å². The van der Waals surface area contributed by atoms with Crippen LogP contribution in [0, 0.1) is 12.8 Å². The second kappa shape index (κ2) is 7.44. The van der Waals surface area contributed by atoms with Gasteiger partial charge in [-0.3, -0.25) is 14.4 Å². The Balaban J connectivity index is 1.77. The highest BCUT2D eigenvalue weighted by molar-refractivity contribution is 5.91. The largest absolute Gasteiger partial charge is 0.456 e. The zero-order chi connectivity index (χ0) is 18.0. The first kappa shape index (κ1) is 17.7. The van der Waals surface area contributed by atoms with Crippen LogP contribution < -0.4 is 0 Å². The monoisotopic (exact) mass is 344 g/mol. The predicted octanol–water partition coefficient (Wildman–Crippen LogP) is 2.87. The minimum absolute atomic E-state index is 0.0494. The molecule has 25 heavy (non-hydrogen) atoms. The molecule has 0 radical (unpaired) electrons. The maximum absolute atomic E-state index is 12.6. The molecule has 0 N–H and O–H groups in total. The molecule has 2 aromatic heterocycles. The molecule has 136 valence electrons. The fraction of sp³-hybridized carbons (Fsp3) is 0.579. The van der Waals surface area contributed by atoms with Gasteiger partial charge in [0.2, 0.25) is 0 Å². The number of aryl methyl sites for hydroxylation is 2. The van der Waals surface area contributed by atoms with Gasteiger partial charge < -0.3 is 9.32 Å². The molecule has 6 heteroatoms. The van der Waals surface area contributed by atoms with Gasteiger partial charge in [-0.15, -0.1) is 0 Å². The van der Waals surface area contributed by atoms with Crippen molar-refractivity contribution in [1.82, 2.24) is 19.6 Å². The zero-order valence-electron chi connectivity index (χ0n) is 15.6. The molecule has 3 rings (SSSR count). The van der Waals surface area contributed by atoms with Crippen LogP contribution in [0.1, 0.15) is 47.7 Å². The zero-order valence-corrected chi connectivity index (χ0v) is 15.6. The summed E-state index contributed by atoms with van der Waals surface area (Å²) in [6.45, 7) is 6.88. The molecule has 1 saturated heterocycles. The number of rotatable bonds is 5. The summed E-state index contributed by atoms with van der Waals surface area (Å²) in [5, 5.41) is 4.35. The molecule has 1 aliphatic heterocycles. The molecular weight excluding hydrogens is 316 g/mol. The van der Waals surface area contributed by atoms with Crippen molar-refractivity contribution in [3.8, 4) is 0 Å². The number of hydrogen-bond acceptors (Lipinski definition) is 4. The van der Waals surface area contributed by atoms with Gasteiger partial charge in [-0.05, 0) is 50.9 Å². The van der Waals surface area contributed by atoms with Crippen LogP contribution in [0.15, 0.2) is 28.9 Å². The van der Waals surface area contributed by atoms with E-state index in [0.717, 1.165) is 31.7 Å². The Labute approximate surface area is 149 Å². The second-order valence-electron chi connectivity index (χ2n) is 7.02. The number of piperidine rings is 1. The van der Waals surface area contributed by atoms with E-state index in [1.165, 1.54) is 5.56 Å². The minimum Gasteiger partial charge on any atom is -0.456 e. The third-order valence-corrected chi connectivity index (χ3v) is 5.14. The van der Waals surface area contributed by atoms with E-state index in [-0.39, 0.29) is 5.91 Å². The van der Waals surface area contributed by atoms with Crippen molar-refractivity contribution in [2.24, 2.45) is 13.0 Å². The van der Waals surface area contributed by atoms with Crippen LogP contribution in [-0.4, -0.2) is 52.2 Å². The molecule has 1 amide bonds. The number of nitrogens with zero attached hydrogens (tertiary/aromatic N) is 4. The lowest BCUT2D eigenvalue weighted by molar-refractivity contribution is 0.0566. The van der Waals surface area contributed by atoms with E-state index in [2.05, 4.69) is 23.1 Å². The van der Waals surface area contributed by atoms with Gasteiger partial charge in [0.15, 0.2) is 5.76 Å². The first-order valence-electron chi connectivity index (χ1n) is 9.04. The molecule has 1 aliphatic rings. The van der Waals surface area contributed by atoms with Gasteiger partial charge in [0, 0.05) is 38.4 Å². The SMILES string of the molecule is CCN1CCC[C@@H](CN(C)C(=O)c2ccc(C)o2)[C@@H]1c1cnn(C)c1. The van der Waals surface area contributed by atoms with Crippen LogP contribution in [0.4, 0.5) is 0 Å². The number of carbonyl (C=O) groups excluding carboxylic acids is 1. The summed E-state index contributed by atoms with van der Waals surface area (Å²) >= 11 is 0. The average molecular weight is 344 g/mol. The van der Waals surface area contributed by atoms with Gasteiger partial charge in [0.1, 0.15) is 5.76 Å². The van der Waals surface area contributed by atoms with Gasteiger partial charge in [0.25, 0.3) is 5.91 Å². The fourth-order valence-corrected chi connectivity index (χ4v) is 3.95. The summed E-state index contributed by atoms with van der Waals surface area (Å²) in [5.74, 6) is 1.52. The molecule has 2 aromatic rings. The molecule has 3 heterocycles. The summed E-state index contributed by atoms with van der Waals surface area (Å²) in [6.07, 6.45) is 6.34. The smallest absolute Gasteiger partial charge is 0.289 e. The Morgan fingerprint density at radius 1 is 1.44 bits per heavy atom. The number of hydrogen-bond donors (Lipinski definition) is 0. The number of carbonyl (C=O) groups is 1. The highest BCUT2D eigenvalue weighted by Gasteiger charge is 2.34. The fourth-order valence-electron chi connectivity index (χ4n) is 3.95. The molecular formula is C19H28N4O2. The summed E-state index contributed by atoms with van der Waals surface area (Å²) in [7, 11) is 3.82. The molecule has 0 saturated carbocycles. The summed E-state index contributed by atoms with van der Waals surface area (Å²) < 4.78 is 7.35. The Hall–Kier alpha value is -2.08. The Bertz CT molecular complexity index is 721. The van der Waals surface area contributed by atoms with E-state index in [1.54, 1.807) is 11.0 Å². The van der Waals surface area contributed by atoms with Crippen LogP contribution in [-0.2, 0) is 7.05 Å². The first-order chi connectivity index (χ1) is 12.0. The lowest BCUT2D eigenvalue weighted by Crippen LogP contribution is -2.43. The van der Waals surface area contributed by atoms with Crippen molar-refractivity contribution < 1.29 is 9.21 Å². The third-order valence-electron chi connectivity index (χ3n) is 5.14. The maximum atomic E-state index is 12.6. The van der Waals surface area contributed by atoms with Crippen molar-refractivity contribution in [1.29, 1.82) is 0 Å². The lowest BCUT2D eigenvalue weighted by atomic mass is 9.85. The maximum Gasteiger partial charge on any atom is 0.289 e. The van der Waals surface area contributed by atoms with E-state index in [1.807, 2.05) is 38.0 Å². The second-order valence-corrected chi connectivity index (χ2v) is 7.02. The molecule has 0 aliphatic carbocycles. The molecule has 6 nitrogen and oxygen atoms in total. The normalized spacial score (nSPS) is 21.4. The minimum atomic E-state index is -0.0494. The standard InChI is InChI=1S/C19H28N4O2/c1-5-23-10-6-7-15(18(23)16-11-20-22(4)13-16)12-21(3)19(24)17-9-8-14(2)25-17/h8-9,11,13,15,18H,5-7,10,12H2,1-4H3/t15-,18+/m0/s1. The predicted molar refractivity (Wildman–Crippen MR) is 96.3 cm³/mol. The van der Waals surface area contributed by atoms with Crippen LogP contribution in [0.2, 0.25) is 0 Å². The number of aromatic nitrogens is 2. The van der Waals surface area contributed by atoms with E-state index < -0.39 is 0 Å². The van der Waals surface area contributed by atoms with Crippen molar-refractivity contribution in [2.45, 2.75) is 32.7 Å². The molecule has 0 aromatic carbocycles. The van der Waals surface area contributed by atoms with Gasteiger partial charge in [-0.25, -0.2) is 0 Å². The number of amides is 1. The topological polar surface area (TPSA) is 54.5 Å². The highest BCUT2D eigenvalue weighted by atomic mass is 16.3. The van der Waals surface area contributed by atoms with Crippen molar-refractivity contribution in [2.75, 3.05) is 26.7 Å². The molecule has 1 fully saturated rings. The van der Waals surface area contributed by atoms with Crippen LogP contribution in [0.5, 0.6) is 0 Å². The van der Waals surface area contributed by atoms with E-state index in [0.29, 0.717) is 24.3 Å². The van der Waals surface area contributed by atoms with Gasteiger partial charge >= 0.3 is 0 Å². The molecule has 0 bridgehead atoms. The Morgan fingerprint density at radius 3 is 2.84 bits per heavy atom. The van der Waals surface area contributed by atoms with Crippen molar-refractivity contribution >= 4 is 5.91 Å².